The van der Waals surface area contributed by atoms with Gasteiger partial charge in [-0.3, -0.25) is 9.88 Å². The molecule has 3 heterocycles. The molecular weight excluding hydrogens is 320 g/mol. The molecular formula is C23H24N2O. The van der Waals surface area contributed by atoms with Crippen molar-refractivity contribution in [3.63, 3.8) is 0 Å². The zero-order valence-corrected chi connectivity index (χ0v) is 15.0. The number of aryl methyl sites for hydroxylation is 1. The van der Waals surface area contributed by atoms with Gasteiger partial charge in [0.2, 0.25) is 0 Å². The molecule has 0 N–H and O–H groups in total. The van der Waals surface area contributed by atoms with E-state index in [4.69, 9.17) is 4.42 Å². The van der Waals surface area contributed by atoms with Crippen LogP contribution in [0.2, 0.25) is 0 Å². The quantitative estimate of drug-likeness (QED) is 0.682. The molecule has 26 heavy (non-hydrogen) atoms. The fourth-order valence-corrected chi connectivity index (χ4v) is 4.82. The molecule has 3 nitrogen and oxygen atoms in total. The Morgan fingerprint density at radius 1 is 1.00 bits per heavy atom. The van der Waals surface area contributed by atoms with Crippen LogP contribution in [-0.2, 0) is 18.4 Å². The summed E-state index contributed by atoms with van der Waals surface area (Å²) in [6.45, 7) is 3.25. The highest BCUT2D eigenvalue weighted by Crippen LogP contribution is 2.47. The maximum atomic E-state index is 5.52. The topological polar surface area (TPSA) is 29.3 Å². The van der Waals surface area contributed by atoms with E-state index in [0.29, 0.717) is 5.41 Å². The van der Waals surface area contributed by atoms with Gasteiger partial charge >= 0.3 is 0 Å². The second-order valence-corrected chi connectivity index (χ2v) is 7.75. The summed E-state index contributed by atoms with van der Waals surface area (Å²) in [7, 11) is 0. The first kappa shape index (κ1) is 15.8. The van der Waals surface area contributed by atoms with Gasteiger partial charge in [-0.2, -0.15) is 0 Å². The van der Waals surface area contributed by atoms with Crippen LogP contribution in [0.5, 0.6) is 0 Å². The van der Waals surface area contributed by atoms with Crippen LogP contribution in [0.1, 0.15) is 36.1 Å². The molecule has 2 aliphatic rings. The largest absolute Gasteiger partial charge is 0.468 e. The number of furan rings is 1. The van der Waals surface area contributed by atoms with Gasteiger partial charge in [-0.25, -0.2) is 0 Å². The first-order chi connectivity index (χ1) is 12.8. The molecule has 0 atom stereocenters. The number of nitrogens with zero attached hydrogens (tertiary/aromatic N) is 2. The van der Waals surface area contributed by atoms with Crippen LogP contribution in [0.15, 0.2) is 65.5 Å². The fourth-order valence-electron chi connectivity index (χ4n) is 4.82. The van der Waals surface area contributed by atoms with Gasteiger partial charge < -0.3 is 4.42 Å². The van der Waals surface area contributed by atoms with Crippen molar-refractivity contribution in [1.29, 1.82) is 0 Å². The minimum absolute atomic E-state index is 0.391. The maximum Gasteiger partial charge on any atom is 0.117 e. The van der Waals surface area contributed by atoms with E-state index in [-0.39, 0.29) is 0 Å². The second kappa shape index (κ2) is 6.40. The Balaban J connectivity index is 1.34. The average Bonchev–Trinajstić information content (AvgIpc) is 3.33. The number of hydrogen-bond donors (Lipinski definition) is 0. The lowest BCUT2D eigenvalue weighted by Crippen LogP contribution is -2.41. The highest BCUT2D eigenvalue weighted by molar-refractivity contribution is 5.65. The summed E-state index contributed by atoms with van der Waals surface area (Å²) < 4.78 is 5.52. The monoisotopic (exact) mass is 344 g/mol. The van der Waals surface area contributed by atoms with Crippen LogP contribution in [0.25, 0.3) is 11.1 Å². The number of rotatable bonds is 3. The van der Waals surface area contributed by atoms with E-state index in [1.807, 2.05) is 24.5 Å². The van der Waals surface area contributed by atoms with Gasteiger partial charge in [0.15, 0.2) is 0 Å². The summed E-state index contributed by atoms with van der Waals surface area (Å²) in [5.74, 6) is 1.08. The lowest BCUT2D eigenvalue weighted by molar-refractivity contribution is 0.144. The van der Waals surface area contributed by atoms with Gasteiger partial charge in [-0.15, -0.1) is 0 Å². The Labute approximate surface area is 154 Å². The van der Waals surface area contributed by atoms with E-state index < -0.39 is 0 Å². The molecule has 3 aromatic rings. The molecule has 1 aliphatic carbocycles. The number of hydrogen-bond acceptors (Lipinski definition) is 3. The van der Waals surface area contributed by atoms with Crippen molar-refractivity contribution in [2.24, 2.45) is 0 Å². The minimum Gasteiger partial charge on any atom is -0.468 e. The summed E-state index contributed by atoms with van der Waals surface area (Å²) in [6.07, 6.45) is 10.6. The molecule has 1 aromatic carbocycles. The zero-order valence-electron chi connectivity index (χ0n) is 15.0. The molecule has 0 unspecified atom stereocenters. The van der Waals surface area contributed by atoms with Crippen LogP contribution in [0, 0.1) is 0 Å². The Morgan fingerprint density at radius 2 is 1.92 bits per heavy atom. The molecule has 0 saturated carbocycles. The normalized spacial score (nSPS) is 18.9. The van der Waals surface area contributed by atoms with Crippen molar-refractivity contribution in [3.8, 4) is 11.1 Å². The summed E-state index contributed by atoms with van der Waals surface area (Å²) in [4.78, 5) is 6.80. The van der Waals surface area contributed by atoms with Gasteiger partial charge in [0, 0.05) is 12.4 Å². The zero-order chi connectivity index (χ0) is 17.4. The molecule has 0 bridgehead atoms. The van der Waals surface area contributed by atoms with Crippen LogP contribution < -0.4 is 0 Å². The molecule has 1 saturated heterocycles. The molecule has 2 aromatic heterocycles. The Bertz CT molecular complexity index is 878. The molecule has 5 rings (SSSR count). The summed E-state index contributed by atoms with van der Waals surface area (Å²) >= 11 is 0. The maximum absolute atomic E-state index is 5.52. The number of likely N-dealkylation sites (tertiary alicyclic amines) is 1. The number of fused-ring (bicyclic) bond motifs is 2. The third kappa shape index (κ3) is 2.77. The van der Waals surface area contributed by atoms with Crippen molar-refractivity contribution >= 4 is 0 Å². The molecule has 3 heteroatoms. The van der Waals surface area contributed by atoms with Crippen LogP contribution in [0.3, 0.4) is 0 Å². The molecule has 132 valence electrons. The van der Waals surface area contributed by atoms with Gasteiger partial charge in [0.25, 0.3) is 0 Å². The van der Waals surface area contributed by atoms with E-state index in [1.54, 1.807) is 17.4 Å². The molecule has 0 amide bonds. The van der Waals surface area contributed by atoms with Gasteiger partial charge in [-0.1, -0.05) is 24.3 Å². The van der Waals surface area contributed by atoms with Crippen molar-refractivity contribution in [1.82, 2.24) is 9.88 Å². The summed E-state index contributed by atoms with van der Waals surface area (Å²) in [6, 6.07) is 15.3. The lowest BCUT2D eigenvalue weighted by Gasteiger charge is -2.40. The van der Waals surface area contributed by atoms with Gasteiger partial charge in [0.1, 0.15) is 5.76 Å². The van der Waals surface area contributed by atoms with Crippen molar-refractivity contribution in [3.05, 3.63) is 78.0 Å². The summed E-state index contributed by atoms with van der Waals surface area (Å²) in [5, 5.41) is 0. The Hall–Kier alpha value is -2.39. The first-order valence-electron chi connectivity index (χ1n) is 9.61. The Kier molecular flexibility index (Phi) is 3.90. The van der Waals surface area contributed by atoms with Crippen molar-refractivity contribution in [2.75, 3.05) is 13.1 Å². The first-order valence-corrected chi connectivity index (χ1v) is 9.61. The smallest absolute Gasteiger partial charge is 0.117 e. The van der Waals surface area contributed by atoms with E-state index in [2.05, 4.69) is 40.2 Å². The van der Waals surface area contributed by atoms with Crippen LogP contribution in [-0.4, -0.2) is 23.0 Å². The minimum atomic E-state index is 0.391. The highest BCUT2D eigenvalue weighted by atomic mass is 16.3. The van der Waals surface area contributed by atoms with Gasteiger partial charge in [0.05, 0.1) is 12.8 Å². The van der Waals surface area contributed by atoms with E-state index in [1.165, 1.54) is 36.8 Å². The predicted molar refractivity (Wildman–Crippen MR) is 103 cm³/mol. The molecule has 1 aliphatic heterocycles. The lowest BCUT2D eigenvalue weighted by atomic mass is 9.73. The third-order valence-electron chi connectivity index (χ3n) is 6.32. The Morgan fingerprint density at radius 3 is 2.69 bits per heavy atom. The fraction of sp³-hybridized carbons (Fsp3) is 0.348. The number of piperidine rings is 1. The van der Waals surface area contributed by atoms with E-state index >= 15 is 0 Å². The van der Waals surface area contributed by atoms with E-state index in [9.17, 15) is 0 Å². The SMILES string of the molecule is c1cncc(-c2ccc3c(c2)CCC32CCN(Cc3ccco3)CC2)c1. The van der Waals surface area contributed by atoms with Crippen molar-refractivity contribution in [2.45, 2.75) is 37.6 Å². The average molecular weight is 344 g/mol. The number of aromatic nitrogens is 1. The van der Waals surface area contributed by atoms with Crippen LogP contribution >= 0.6 is 0 Å². The second-order valence-electron chi connectivity index (χ2n) is 7.75. The van der Waals surface area contributed by atoms with Crippen LogP contribution in [0.4, 0.5) is 0 Å². The van der Waals surface area contributed by atoms with Gasteiger partial charge in [-0.05, 0) is 84.6 Å². The number of pyridine rings is 1. The predicted octanol–water partition coefficient (Wildman–Crippen LogP) is 4.82. The molecule has 1 spiro atoms. The highest BCUT2D eigenvalue weighted by Gasteiger charge is 2.41. The molecule has 0 radical (unpaired) electrons. The third-order valence-corrected chi connectivity index (χ3v) is 6.32. The number of benzene rings is 1. The molecule has 1 fully saturated rings. The van der Waals surface area contributed by atoms with E-state index in [0.717, 1.165) is 25.4 Å². The van der Waals surface area contributed by atoms with Crippen molar-refractivity contribution < 1.29 is 4.42 Å². The standard InChI is InChI=1S/C23H24N2O/c1-3-20(16-24-11-1)18-5-6-22-19(15-18)7-8-23(22)9-12-25(13-10-23)17-21-4-2-14-26-21/h1-6,11,14-16H,7-10,12-13,17H2. The summed E-state index contributed by atoms with van der Waals surface area (Å²) in [5.41, 5.74) is 6.05.